The predicted octanol–water partition coefficient (Wildman–Crippen LogP) is 3.87. The van der Waals surface area contributed by atoms with E-state index in [4.69, 9.17) is 4.74 Å². The Morgan fingerprint density at radius 3 is 2.66 bits per heavy atom. The number of nitrogens with zero attached hydrogens (tertiary/aromatic N) is 2. The SMILES string of the molecule is CCOc1ccccc1NC(=O)Cn1c(=O)n(-c2cc(C)ccc2C)c(=O)c2sccc21. The van der Waals surface area contributed by atoms with Crippen molar-refractivity contribution in [3.63, 3.8) is 0 Å². The number of ether oxygens (including phenoxy) is 1. The summed E-state index contributed by atoms with van der Waals surface area (Å²) in [6.07, 6.45) is 0. The van der Waals surface area contributed by atoms with Crippen LogP contribution in [0.3, 0.4) is 0 Å². The number of thiophene rings is 1. The number of anilines is 1. The third-order valence-corrected chi connectivity index (χ3v) is 6.01. The summed E-state index contributed by atoms with van der Waals surface area (Å²) in [5, 5.41) is 4.56. The molecule has 4 rings (SSSR count). The Balaban J connectivity index is 1.79. The van der Waals surface area contributed by atoms with Crippen LogP contribution in [0.4, 0.5) is 5.69 Å². The van der Waals surface area contributed by atoms with Crippen LogP contribution in [0.15, 0.2) is 63.5 Å². The summed E-state index contributed by atoms with van der Waals surface area (Å²) in [5.74, 6) is 0.162. The van der Waals surface area contributed by atoms with Gasteiger partial charge in [0.2, 0.25) is 5.91 Å². The van der Waals surface area contributed by atoms with Gasteiger partial charge in [-0.05, 0) is 61.5 Å². The number of nitrogens with one attached hydrogen (secondary N) is 1. The first-order valence-corrected chi connectivity index (χ1v) is 11.1. The number of hydrogen-bond acceptors (Lipinski definition) is 5. The third-order valence-electron chi connectivity index (χ3n) is 5.12. The van der Waals surface area contributed by atoms with Crippen LogP contribution in [0.5, 0.6) is 5.75 Å². The summed E-state index contributed by atoms with van der Waals surface area (Å²) in [7, 11) is 0. The largest absolute Gasteiger partial charge is 0.492 e. The van der Waals surface area contributed by atoms with Gasteiger partial charge in [-0.3, -0.25) is 14.2 Å². The number of aryl methyl sites for hydroxylation is 2. The lowest BCUT2D eigenvalue weighted by Crippen LogP contribution is -2.40. The number of fused-ring (bicyclic) bond motifs is 1. The number of rotatable bonds is 6. The molecular weight excluding hydrogens is 426 g/mol. The third kappa shape index (κ3) is 3.97. The topological polar surface area (TPSA) is 82.3 Å². The van der Waals surface area contributed by atoms with Gasteiger partial charge < -0.3 is 10.1 Å². The highest BCUT2D eigenvalue weighted by Gasteiger charge is 2.19. The van der Waals surface area contributed by atoms with Gasteiger partial charge in [0.15, 0.2) is 0 Å². The minimum atomic E-state index is -0.553. The minimum absolute atomic E-state index is 0.238. The number of benzene rings is 2. The maximum atomic E-state index is 13.4. The van der Waals surface area contributed by atoms with Gasteiger partial charge in [0.1, 0.15) is 17.0 Å². The summed E-state index contributed by atoms with van der Waals surface area (Å²) in [5.41, 5.74) is 2.28. The zero-order valence-corrected chi connectivity index (χ0v) is 18.9. The molecule has 0 radical (unpaired) electrons. The Morgan fingerprint density at radius 1 is 1.09 bits per heavy atom. The Labute approximate surface area is 188 Å². The molecule has 4 aromatic rings. The van der Waals surface area contributed by atoms with Gasteiger partial charge in [-0.1, -0.05) is 24.3 Å². The molecule has 0 fully saturated rings. The molecule has 0 saturated carbocycles. The molecule has 0 aliphatic heterocycles. The van der Waals surface area contributed by atoms with Crippen molar-refractivity contribution in [2.24, 2.45) is 0 Å². The monoisotopic (exact) mass is 449 g/mol. The molecule has 1 amide bonds. The van der Waals surface area contributed by atoms with Crippen molar-refractivity contribution < 1.29 is 9.53 Å². The van der Waals surface area contributed by atoms with Crippen LogP contribution in [0.1, 0.15) is 18.1 Å². The van der Waals surface area contributed by atoms with E-state index in [0.29, 0.717) is 33.9 Å². The van der Waals surface area contributed by atoms with Gasteiger partial charge in [0.25, 0.3) is 5.56 Å². The van der Waals surface area contributed by atoms with Crippen LogP contribution in [-0.4, -0.2) is 21.6 Å². The summed E-state index contributed by atoms with van der Waals surface area (Å²) in [4.78, 5) is 39.5. The van der Waals surface area contributed by atoms with Crippen LogP contribution in [-0.2, 0) is 11.3 Å². The van der Waals surface area contributed by atoms with Gasteiger partial charge in [-0.2, -0.15) is 0 Å². The molecule has 2 aromatic heterocycles. The van der Waals surface area contributed by atoms with E-state index in [1.54, 1.807) is 35.7 Å². The highest BCUT2D eigenvalue weighted by Crippen LogP contribution is 2.24. The number of para-hydroxylation sites is 2. The molecule has 1 N–H and O–H groups in total. The van der Waals surface area contributed by atoms with Crippen molar-refractivity contribution in [2.45, 2.75) is 27.3 Å². The first kappa shape index (κ1) is 21.6. The average molecular weight is 450 g/mol. The van der Waals surface area contributed by atoms with E-state index in [0.717, 1.165) is 15.7 Å². The Morgan fingerprint density at radius 2 is 1.88 bits per heavy atom. The lowest BCUT2D eigenvalue weighted by molar-refractivity contribution is -0.116. The lowest BCUT2D eigenvalue weighted by atomic mass is 10.1. The molecule has 0 saturated heterocycles. The maximum absolute atomic E-state index is 13.4. The van der Waals surface area contributed by atoms with Crippen molar-refractivity contribution in [3.05, 3.63) is 85.9 Å². The molecule has 32 heavy (non-hydrogen) atoms. The predicted molar refractivity (Wildman–Crippen MR) is 127 cm³/mol. The highest BCUT2D eigenvalue weighted by atomic mass is 32.1. The number of carbonyl (C=O) groups excluding carboxylic acids is 1. The summed E-state index contributed by atoms with van der Waals surface area (Å²) in [6.45, 7) is 5.84. The Bertz CT molecular complexity index is 1430. The minimum Gasteiger partial charge on any atom is -0.492 e. The number of aromatic nitrogens is 2. The van der Waals surface area contributed by atoms with Crippen LogP contribution in [0.25, 0.3) is 15.9 Å². The Kier molecular flexibility index (Phi) is 5.96. The molecule has 0 unspecified atom stereocenters. The summed E-state index contributed by atoms with van der Waals surface area (Å²) < 4.78 is 8.48. The molecular formula is C24H23N3O4S. The zero-order valence-electron chi connectivity index (χ0n) is 18.0. The van der Waals surface area contributed by atoms with E-state index in [9.17, 15) is 14.4 Å². The second-order valence-corrected chi connectivity index (χ2v) is 8.33. The number of amides is 1. The van der Waals surface area contributed by atoms with Crippen molar-refractivity contribution in [2.75, 3.05) is 11.9 Å². The fraction of sp³-hybridized carbons (Fsp3) is 0.208. The summed E-state index contributed by atoms with van der Waals surface area (Å²) >= 11 is 1.25. The van der Waals surface area contributed by atoms with Gasteiger partial charge >= 0.3 is 5.69 Å². The van der Waals surface area contributed by atoms with Crippen LogP contribution in [0.2, 0.25) is 0 Å². The van der Waals surface area contributed by atoms with Crippen molar-refractivity contribution >= 4 is 33.1 Å². The first-order chi connectivity index (χ1) is 15.4. The molecule has 0 bridgehead atoms. The molecule has 8 heteroatoms. The molecule has 164 valence electrons. The van der Waals surface area contributed by atoms with E-state index in [-0.39, 0.29) is 12.1 Å². The fourth-order valence-electron chi connectivity index (χ4n) is 3.60. The van der Waals surface area contributed by atoms with E-state index in [1.807, 2.05) is 39.0 Å². The standard InChI is InChI=1S/C24H23N3O4S/c1-4-31-20-8-6-5-7-17(20)25-21(28)14-26-18-11-12-32-22(18)23(29)27(24(26)30)19-13-15(2)9-10-16(19)3/h5-13H,4,14H2,1-3H3,(H,25,28). The fourth-order valence-corrected chi connectivity index (χ4v) is 4.42. The molecule has 2 aromatic carbocycles. The molecule has 0 aliphatic carbocycles. The maximum Gasteiger partial charge on any atom is 0.336 e. The van der Waals surface area contributed by atoms with Gasteiger partial charge in [-0.15, -0.1) is 11.3 Å². The van der Waals surface area contributed by atoms with Crippen LogP contribution < -0.4 is 21.3 Å². The van der Waals surface area contributed by atoms with Gasteiger partial charge in [0.05, 0.1) is 23.5 Å². The van der Waals surface area contributed by atoms with Crippen molar-refractivity contribution in [3.8, 4) is 11.4 Å². The van der Waals surface area contributed by atoms with E-state index >= 15 is 0 Å². The Hall–Kier alpha value is -3.65. The van der Waals surface area contributed by atoms with Crippen LogP contribution in [0, 0.1) is 13.8 Å². The average Bonchev–Trinajstić information content (AvgIpc) is 3.25. The van der Waals surface area contributed by atoms with E-state index in [1.165, 1.54) is 15.9 Å². The molecule has 0 atom stereocenters. The number of carbonyl (C=O) groups is 1. The van der Waals surface area contributed by atoms with Crippen LogP contribution >= 0.6 is 11.3 Å². The highest BCUT2D eigenvalue weighted by molar-refractivity contribution is 7.17. The number of hydrogen-bond donors (Lipinski definition) is 1. The molecule has 0 spiro atoms. The second-order valence-electron chi connectivity index (χ2n) is 7.41. The van der Waals surface area contributed by atoms with Crippen molar-refractivity contribution in [1.29, 1.82) is 0 Å². The van der Waals surface area contributed by atoms with E-state index in [2.05, 4.69) is 5.32 Å². The molecule has 7 nitrogen and oxygen atoms in total. The summed E-state index contributed by atoms with van der Waals surface area (Å²) in [6, 6.07) is 14.4. The molecule has 0 aliphatic rings. The molecule has 2 heterocycles. The smallest absolute Gasteiger partial charge is 0.336 e. The first-order valence-electron chi connectivity index (χ1n) is 10.2. The second kappa shape index (κ2) is 8.84. The quantitative estimate of drug-likeness (QED) is 0.485. The van der Waals surface area contributed by atoms with Crippen molar-refractivity contribution in [1.82, 2.24) is 9.13 Å². The van der Waals surface area contributed by atoms with Gasteiger partial charge in [0, 0.05) is 0 Å². The zero-order chi connectivity index (χ0) is 22.8. The van der Waals surface area contributed by atoms with Gasteiger partial charge in [-0.25, -0.2) is 9.36 Å². The van der Waals surface area contributed by atoms with E-state index < -0.39 is 11.6 Å². The normalized spacial score (nSPS) is 11.0. The lowest BCUT2D eigenvalue weighted by Gasteiger charge is -2.15.